The minimum absolute atomic E-state index is 0.425. The third-order valence-corrected chi connectivity index (χ3v) is 2.84. The zero-order chi connectivity index (χ0) is 13.1. The highest BCUT2D eigenvalue weighted by Crippen LogP contribution is 2.23. The number of para-hydroxylation sites is 1. The number of primary amides is 1. The Morgan fingerprint density at radius 3 is 2.50 bits per heavy atom. The zero-order valence-electron chi connectivity index (χ0n) is 10.4. The van der Waals surface area contributed by atoms with Crippen molar-refractivity contribution in [1.82, 2.24) is 10.2 Å². The molecule has 2 rings (SSSR count). The van der Waals surface area contributed by atoms with Gasteiger partial charge in [0.25, 0.3) is 0 Å². The number of H-pyrrole nitrogens is 1. The number of carbonyl (C=O) groups is 1. The lowest BCUT2D eigenvalue weighted by Gasteiger charge is -2.17. The van der Waals surface area contributed by atoms with Crippen molar-refractivity contribution in [2.45, 2.75) is 19.9 Å². The molecule has 1 atom stereocenters. The summed E-state index contributed by atoms with van der Waals surface area (Å²) < 4.78 is 0. The molecule has 4 N–H and O–H groups in total. The zero-order valence-corrected chi connectivity index (χ0v) is 10.4. The molecule has 1 amide bonds. The summed E-state index contributed by atoms with van der Waals surface area (Å²) in [6.07, 6.45) is 0. The molecule has 0 spiro atoms. The van der Waals surface area contributed by atoms with Crippen LogP contribution in [0, 0.1) is 13.8 Å². The minimum atomic E-state index is -0.578. The van der Waals surface area contributed by atoms with Gasteiger partial charge < -0.3 is 11.1 Å². The van der Waals surface area contributed by atoms with Crippen molar-refractivity contribution >= 4 is 11.6 Å². The van der Waals surface area contributed by atoms with Crippen LogP contribution >= 0.6 is 0 Å². The molecular weight excluding hydrogens is 228 g/mol. The predicted molar refractivity (Wildman–Crippen MR) is 70.1 cm³/mol. The van der Waals surface area contributed by atoms with Crippen molar-refractivity contribution < 1.29 is 4.79 Å². The van der Waals surface area contributed by atoms with Crippen molar-refractivity contribution in [1.29, 1.82) is 0 Å². The Hall–Kier alpha value is -2.30. The van der Waals surface area contributed by atoms with Gasteiger partial charge in [0.1, 0.15) is 6.04 Å². The van der Waals surface area contributed by atoms with Gasteiger partial charge in [-0.15, -0.1) is 0 Å². The van der Waals surface area contributed by atoms with E-state index in [1.54, 1.807) is 0 Å². The van der Waals surface area contributed by atoms with Gasteiger partial charge in [0.05, 0.1) is 5.69 Å². The maximum absolute atomic E-state index is 11.6. The Bertz CT molecular complexity index is 528. The van der Waals surface area contributed by atoms with Crippen molar-refractivity contribution in [2.75, 3.05) is 5.32 Å². The number of hydrogen-bond donors (Lipinski definition) is 3. The first-order valence-corrected chi connectivity index (χ1v) is 5.72. The van der Waals surface area contributed by atoms with Gasteiger partial charge in [-0.3, -0.25) is 9.89 Å². The highest BCUT2D eigenvalue weighted by atomic mass is 16.1. The number of nitrogens with two attached hydrogens (primary N) is 1. The minimum Gasteiger partial charge on any atom is -0.370 e. The number of anilines is 1. The van der Waals surface area contributed by atoms with Crippen LogP contribution in [-0.2, 0) is 4.79 Å². The summed E-state index contributed by atoms with van der Waals surface area (Å²) in [6.45, 7) is 3.72. The smallest absolute Gasteiger partial charge is 0.244 e. The molecule has 1 aromatic heterocycles. The maximum atomic E-state index is 11.6. The van der Waals surface area contributed by atoms with Crippen LogP contribution in [0.3, 0.4) is 0 Å². The van der Waals surface area contributed by atoms with Crippen molar-refractivity contribution in [3.05, 3.63) is 47.3 Å². The lowest BCUT2D eigenvalue weighted by atomic mass is 10.0. The van der Waals surface area contributed by atoms with E-state index in [0.29, 0.717) is 0 Å². The fourth-order valence-electron chi connectivity index (χ4n) is 1.97. The number of aromatic nitrogens is 2. The number of hydrogen-bond acceptors (Lipinski definition) is 3. The summed E-state index contributed by atoms with van der Waals surface area (Å²) in [5, 5.41) is 10.1. The van der Waals surface area contributed by atoms with Crippen LogP contribution in [0.4, 0.5) is 5.69 Å². The van der Waals surface area contributed by atoms with Crippen LogP contribution in [-0.4, -0.2) is 16.1 Å². The van der Waals surface area contributed by atoms with Gasteiger partial charge in [-0.05, 0) is 26.0 Å². The fraction of sp³-hybridized carbons (Fsp3) is 0.231. The molecule has 0 aliphatic rings. The first-order valence-electron chi connectivity index (χ1n) is 5.72. The SMILES string of the molecule is Cc1n[nH]c(C)c1C(Nc1ccccc1)C(N)=O. The number of aromatic amines is 1. The summed E-state index contributed by atoms with van der Waals surface area (Å²) in [5.74, 6) is -0.425. The monoisotopic (exact) mass is 244 g/mol. The molecule has 1 heterocycles. The number of rotatable bonds is 4. The Kier molecular flexibility index (Phi) is 3.32. The molecule has 0 aliphatic carbocycles. The molecule has 1 aromatic carbocycles. The highest BCUT2D eigenvalue weighted by Gasteiger charge is 2.23. The Morgan fingerprint density at radius 1 is 1.33 bits per heavy atom. The lowest BCUT2D eigenvalue weighted by molar-refractivity contribution is -0.118. The van der Waals surface area contributed by atoms with Crippen molar-refractivity contribution in [3.63, 3.8) is 0 Å². The average Bonchev–Trinajstić information content (AvgIpc) is 2.67. The molecule has 5 nitrogen and oxygen atoms in total. The second kappa shape index (κ2) is 4.91. The molecule has 5 heteroatoms. The van der Waals surface area contributed by atoms with E-state index >= 15 is 0 Å². The van der Waals surface area contributed by atoms with Gasteiger partial charge in [-0.1, -0.05) is 18.2 Å². The molecule has 0 saturated carbocycles. The van der Waals surface area contributed by atoms with Crippen LogP contribution in [0.15, 0.2) is 30.3 Å². The number of amides is 1. The normalized spacial score (nSPS) is 12.1. The lowest BCUT2D eigenvalue weighted by Crippen LogP contribution is -2.28. The summed E-state index contributed by atoms with van der Waals surface area (Å²) >= 11 is 0. The first-order chi connectivity index (χ1) is 8.59. The number of carbonyl (C=O) groups excluding carboxylic acids is 1. The second-order valence-corrected chi connectivity index (χ2v) is 4.19. The summed E-state index contributed by atoms with van der Waals surface area (Å²) in [5.41, 5.74) is 8.75. The van der Waals surface area contributed by atoms with E-state index in [-0.39, 0.29) is 0 Å². The third kappa shape index (κ3) is 2.34. The molecule has 0 bridgehead atoms. The number of nitrogens with one attached hydrogen (secondary N) is 2. The third-order valence-electron chi connectivity index (χ3n) is 2.84. The highest BCUT2D eigenvalue weighted by molar-refractivity contribution is 5.85. The van der Waals surface area contributed by atoms with E-state index in [0.717, 1.165) is 22.6 Å². The fourth-order valence-corrected chi connectivity index (χ4v) is 1.97. The Balaban J connectivity index is 2.33. The molecule has 0 radical (unpaired) electrons. The summed E-state index contributed by atoms with van der Waals surface area (Å²) in [6, 6.07) is 8.91. The van der Waals surface area contributed by atoms with Crippen molar-refractivity contribution in [3.8, 4) is 0 Å². The molecule has 0 aliphatic heterocycles. The van der Waals surface area contributed by atoms with Gasteiger partial charge in [0.15, 0.2) is 0 Å². The largest absolute Gasteiger partial charge is 0.370 e. The molecule has 1 unspecified atom stereocenters. The molecule has 2 aromatic rings. The Labute approximate surface area is 105 Å². The van der Waals surface area contributed by atoms with Gasteiger partial charge in [-0.2, -0.15) is 5.10 Å². The van der Waals surface area contributed by atoms with E-state index in [2.05, 4.69) is 15.5 Å². The number of nitrogens with zero attached hydrogens (tertiary/aromatic N) is 1. The van der Waals surface area contributed by atoms with E-state index in [1.807, 2.05) is 44.2 Å². The number of benzene rings is 1. The van der Waals surface area contributed by atoms with E-state index in [1.165, 1.54) is 0 Å². The Morgan fingerprint density at radius 2 is 2.00 bits per heavy atom. The quantitative estimate of drug-likeness (QED) is 0.764. The van der Waals surface area contributed by atoms with Gasteiger partial charge in [-0.25, -0.2) is 0 Å². The van der Waals surface area contributed by atoms with Crippen LogP contribution < -0.4 is 11.1 Å². The first kappa shape index (κ1) is 12.2. The topological polar surface area (TPSA) is 83.8 Å². The average molecular weight is 244 g/mol. The van der Waals surface area contributed by atoms with Gasteiger partial charge in [0.2, 0.25) is 5.91 Å². The van der Waals surface area contributed by atoms with Crippen LogP contribution in [0.5, 0.6) is 0 Å². The maximum Gasteiger partial charge on any atom is 0.244 e. The standard InChI is InChI=1S/C13H16N4O/c1-8-11(9(2)17-16-8)12(13(14)18)15-10-6-4-3-5-7-10/h3-7,12,15H,1-2H3,(H2,14,18)(H,16,17). The van der Waals surface area contributed by atoms with Crippen LogP contribution in [0.2, 0.25) is 0 Å². The summed E-state index contributed by atoms with van der Waals surface area (Å²) in [4.78, 5) is 11.6. The molecule has 94 valence electrons. The predicted octanol–water partition coefficient (Wildman–Crippen LogP) is 1.67. The van der Waals surface area contributed by atoms with Gasteiger partial charge >= 0.3 is 0 Å². The van der Waals surface area contributed by atoms with Gasteiger partial charge in [0, 0.05) is 16.9 Å². The van der Waals surface area contributed by atoms with E-state index in [4.69, 9.17) is 5.73 Å². The molecule has 0 saturated heterocycles. The van der Waals surface area contributed by atoms with Crippen LogP contribution in [0.1, 0.15) is 23.0 Å². The number of aryl methyl sites for hydroxylation is 2. The van der Waals surface area contributed by atoms with Crippen molar-refractivity contribution in [2.24, 2.45) is 5.73 Å². The molecular formula is C13H16N4O. The molecule has 18 heavy (non-hydrogen) atoms. The molecule has 0 fully saturated rings. The van der Waals surface area contributed by atoms with E-state index < -0.39 is 11.9 Å². The second-order valence-electron chi connectivity index (χ2n) is 4.19. The summed E-state index contributed by atoms with van der Waals surface area (Å²) in [7, 11) is 0. The van der Waals surface area contributed by atoms with Crippen LogP contribution in [0.25, 0.3) is 0 Å². The van der Waals surface area contributed by atoms with E-state index in [9.17, 15) is 4.79 Å².